The van der Waals surface area contributed by atoms with E-state index in [4.69, 9.17) is 0 Å². The van der Waals surface area contributed by atoms with Gasteiger partial charge in [-0.25, -0.2) is 4.98 Å². The van der Waals surface area contributed by atoms with E-state index >= 15 is 0 Å². The number of hydrogen-bond acceptors (Lipinski definition) is 4. The maximum Gasteiger partial charge on any atom is 0.151 e. The van der Waals surface area contributed by atoms with Crippen LogP contribution in [0.4, 0.5) is 17.3 Å². The summed E-state index contributed by atoms with van der Waals surface area (Å²) < 4.78 is 2.16. The monoisotopic (exact) mass is 418 g/mol. The minimum Gasteiger partial charge on any atom is -0.369 e. The highest BCUT2D eigenvalue weighted by atomic mass is 127. The number of anilines is 3. The average Bonchev–Trinajstić information content (AvgIpc) is 2.35. The second-order valence-electron chi connectivity index (χ2n) is 3.57. The van der Waals surface area contributed by atoms with Crippen LogP contribution in [0.2, 0.25) is 0 Å². The molecule has 0 aliphatic rings. The Labute approximate surface area is 128 Å². The topological polar surface area (TPSA) is 49.8 Å². The van der Waals surface area contributed by atoms with Gasteiger partial charge in [0.2, 0.25) is 0 Å². The molecule has 18 heavy (non-hydrogen) atoms. The maximum absolute atomic E-state index is 4.43. The van der Waals surface area contributed by atoms with E-state index in [9.17, 15) is 0 Å². The van der Waals surface area contributed by atoms with Crippen LogP contribution in [0.15, 0.2) is 35.1 Å². The Hall–Kier alpha value is -0.890. The summed E-state index contributed by atoms with van der Waals surface area (Å²) in [6.07, 6.45) is 3.42. The molecule has 1 aromatic heterocycles. The molecule has 0 atom stereocenters. The molecule has 0 spiro atoms. The van der Waals surface area contributed by atoms with Crippen molar-refractivity contribution in [3.8, 4) is 0 Å². The third-order valence-electron chi connectivity index (χ3n) is 2.18. The van der Waals surface area contributed by atoms with Crippen molar-refractivity contribution in [1.29, 1.82) is 0 Å². The number of nitrogens with one attached hydrogen (secondary N) is 2. The standard InChI is InChI=1S/C12H12BrIN4/c1-2-16-11-6-15-7-12(18-11)17-10-5-8(13)3-4-9(10)14/h3-7H,2H2,1H3,(H2,16,17,18). The predicted molar refractivity (Wildman–Crippen MR) is 86.3 cm³/mol. The van der Waals surface area contributed by atoms with E-state index in [2.05, 4.69) is 59.1 Å². The molecule has 2 aromatic rings. The van der Waals surface area contributed by atoms with Gasteiger partial charge in [0.25, 0.3) is 0 Å². The molecule has 2 rings (SSSR count). The van der Waals surface area contributed by atoms with E-state index < -0.39 is 0 Å². The number of benzene rings is 1. The summed E-state index contributed by atoms with van der Waals surface area (Å²) in [5.74, 6) is 1.50. The van der Waals surface area contributed by atoms with Gasteiger partial charge in [-0.1, -0.05) is 15.9 Å². The lowest BCUT2D eigenvalue weighted by molar-refractivity contribution is 1.12. The minimum atomic E-state index is 0.726. The Morgan fingerprint density at radius 1 is 1.28 bits per heavy atom. The minimum absolute atomic E-state index is 0.726. The molecule has 0 saturated carbocycles. The van der Waals surface area contributed by atoms with Gasteiger partial charge in [-0.3, -0.25) is 4.98 Å². The van der Waals surface area contributed by atoms with Gasteiger partial charge < -0.3 is 10.6 Å². The van der Waals surface area contributed by atoms with Crippen LogP contribution in [0.25, 0.3) is 0 Å². The number of rotatable bonds is 4. The molecule has 0 fully saturated rings. The molecule has 0 aliphatic heterocycles. The van der Waals surface area contributed by atoms with E-state index in [0.717, 1.165) is 31.9 Å². The van der Waals surface area contributed by atoms with Crippen LogP contribution < -0.4 is 10.6 Å². The molecule has 0 bridgehead atoms. The molecule has 0 unspecified atom stereocenters. The SMILES string of the molecule is CCNc1cncc(Nc2cc(Br)ccc2I)n1. The zero-order valence-corrected chi connectivity index (χ0v) is 13.5. The Morgan fingerprint density at radius 3 is 2.83 bits per heavy atom. The first-order chi connectivity index (χ1) is 8.69. The van der Waals surface area contributed by atoms with Crippen molar-refractivity contribution in [3.63, 3.8) is 0 Å². The highest BCUT2D eigenvalue weighted by Gasteiger charge is 2.03. The Bertz CT molecular complexity index is 547. The maximum atomic E-state index is 4.43. The molecule has 0 radical (unpaired) electrons. The summed E-state index contributed by atoms with van der Waals surface area (Å²) in [5, 5.41) is 6.40. The molecule has 6 heteroatoms. The molecule has 1 heterocycles. The van der Waals surface area contributed by atoms with Crippen molar-refractivity contribution in [2.24, 2.45) is 0 Å². The Kier molecular flexibility index (Phi) is 4.76. The normalized spacial score (nSPS) is 10.2. The lowest BCUT2D eigenvalue weighted by atomic mass is 10.3. The predicted octanol–water partition coefficient (Wildman–Crippen LogP) is 4.02. The summed E-state index contributed by atoms with van der Waals surface area (Å²) in [6.45, 7) is 2.85. The summed E-state index contributed by atoms with van der Waals surface area (Å²) in [5.41, 5.74) is 1.01. The smallest absolute Gasteiger partial charge is 0.151 e. The van der Waals surface area contributed by atoms with Crippen LogP contribution in [-0.2, 0) is 0 Å². The lowest BCUT2D eigenvalue weighted by Crippen LogP contribution is -2.03. The number of hydrogen-bond donors (Lipinski definition) is 2. The molecule has 2 N–H and O–H groups in total. The number of halogens is 2. The van der Waals surface area contributed by atoms with Gasteiger partial charge >= 0.3 is 0 Å². The van der Waals surface area contributed by atoms with Crippen LogP contribution in [0.5, 0.6) is 0 Å². The zero-order chi connectivity index (χ0) is 13.0. The van der Waals surface area contributed by atoms with Gasteiger partial charge in [-0.2, -0.15) is 0 Å². The van der Waals surface area contributed by atoms with Gasteiger partial charge in [0.05, 0.1) is 18.1 Å². The van der Waals surface area contributed by atoms with Crippen molar-refractivity contribution < 1.29 is 0 Å². The molecule has 94 valence electrons. The van der Waals surface area contributed by atoms with Crippen LogP contribution in [-0.4, -0.2) is 16.5 Å². The van der Waals surface area contributed by atoms with Crippen molar-refractivity contribution in [2.45, 2.75) is 6.92 Å². The molecule has 0 saturated heterocycles. The van der Waals surface area contributed by atoms with E-state index in [-0.39, 0.29) is 0 Å². The highest BCUT2D eigenvalue weighted by molar-refractivity contribution is 14.1. The summed E-state index contributed by atoms with van der Waals surface area (Å²) in [7, 11) is 0. The fraction of sp³-hybridized carbons (Fsp3) is 0.167. The van der Waals surface area contributed by atoms with Crippen LogP contribution in [0, 0.1) is 3.57 Å². The van der Waals surface area contributed by atoms with Crippen molar-refractivity contribution >= 4 is 55.8 Å². The fourth-order valence-corrected chi connectivity index (χ4v) is 2.26. The largest absolute Gasteiger partial charge is 0.369 e. The fourth-order valence-electron chi connectivity index (χ4n) is 1.42. The highest BCUT2D eigenvalue weighted by Crippen LogP contribution is 2.25. The summed E-state index contributed by atoms with van der Waals surface area (Å²) in [4.78, 5) is 8.58. The molecule has 1 aromatic carbocycles. The first-order valence-corrected chi connectivity index (χ1v) is 7.34. The molecule has 4 nitrogen and oxygen atoms in total. The van der Waals surface area contributed by atoms with Crippen LogP contribution in [0.1, 0.15) is 6.92 Å². The van der Waals surface area contributed by atoms with E-state index in [1.54, 1.807) is 12.4 Å². The van der Waals surface area contributed by atoms with Gasteiger partial charge in [0.15, 0.2) is 5.82 Å². The molecule has 0 amide bonds. The van der Waals surface area contributed by atoms with Crippen molar-refractivity contribution in [1.82, 2.24) is 9.97 Å². The molecular weight excluding hydrogens is 407 g/mol. The van der Waals surface area contributed by atoms with Gasteiger partial charge in [0, 0.05) is 14.6 Å². The zero-order valence-electron chi connectivity index (χ0n) is 9.74. The van der Waals surface area contributed by atoms with Crippen molar-refractivity contribution in [3.05, 3.63) is 38.6 Å². The van der Waals surface area contributed by atoms with E-state index in [1.165, 1.54) is 0 Å². The van der Waals surface area contributed by atoms with Gasteiger partial charge in [-0.15, -0.1) is 0 Å². The van der Waals surface area contributed by atoms with Crippen LogP contribution >= 0.6 is 38.5 Å². The van der Waals surface area contributed by atoms with Gasteiger partial charge in [0.1, 0.15) is 5.82 Å². The first-order valence-electron chi connectivity index (χ1n) is 5.47. The lowest BCUT2D eigenvalue weighted by Gasteiger charge is -2.09. The number of aromatic nitrogens is 2. The quantitative estimate of drug-likeness (QED) is 0.736. The molecular formula is C12H12BrIN4. The summed E-state index contributed by atoms with van der Waals surface area (Å²) in [6, 6.07) is 6.06. The van der Waals surface area contributed by atoms with Gasteiger partial charge in [-0.05, 0) is 47.7 Å². The van der Waals surface area contributed by atoms with Crippen LogP contribution in [0.3, 0.4) is 0 Å². The third kappa shape index (κ3) is 3.55. The van der Waals surface area contributed by atoms with E-state index in [0.29, 0.717) is 0 Å². The van der Waals surface area contributed by atoms with Crippen molar-refractivity contribution in [2.75, 3.05) is 17.2 Å². The number of nitrogens with zero attached hydrogens (tertiary/aromatic N) is 2. The molecule has 0 aliphatic carbocycles. The third-order valence-corrected chi connectivity index (χ3v) is 3.62. The second-order valence-corrected chi connectivity index (χ2v) is 5.65. The van der Waals surface area contributed by atoms with E-state index in [1.807, 2.05) is 25.1 Å². The Morgan fingerprint density at radius 2 is 2.06 bits per heavy atom. The summed E-state index contributed by atoms with van der Waals surface area (Å²) >= 11 is 5.74. The average molecular weight is 419 g/mol. The Balaban J connectivity index is 2.22. The second kappa shape index (κ2) is 6.33. The first kappa shape index (κ1) is 13.5.